The summed E-state index contributed by atoms with van der Waals surface area (Å²) >= 11 is 0. The second-order valence-corrected chi connectivity index (χ2v) is 6.47. The smallest absolute Gasteiger partial charge is 0.273 e. The molecule has 2 aromatic rings. The Morgan fingerprint density at radius 3 is 2.96 bits per heavy atom. The summed E-state index contributed by atoms with van der Waals surface area (Å²) < 4.78 is 13.9. The largest absolute Gasteiger partial charge is 0.336 e. The molecule has 124 valence electrons. The topological polar surface area (TPSA) is 53.5 Å². The van der Waals surface area contributed by atoms with Gasteiger partial charge in [-0.2, -0.15) is 0 Å². The number of rotatable bonds is 1. The van der Waals surface area contributed by atoms with E-state index in [1.807, 2.05) is 4.90 Å². The molecule has 5 nitrogen and oxygen atoms in total. The maximum Gasteiger partial charge on any atom is 0.273 e. The molecule has 2 atom stereocenters. The lowest BCUT2D eigenvalue weighted by Crippen LogP contribution is -2.60. The second kappa shape index (κ2) is 5.54. The summed E-state index contributed by atoms with van der Waals surface area (Å²) in [5, 5.41) is 0.649. The van der Waals surface area contributed by atoms with E-state index in [9.17, 15) is 14.0 Å². The highest BCUT2D eigenvalue weighted by molar-refractivity contribution is 5.98. The average molecular weight is 327 g/mol. The number of benzene rings is 1. The molecule has 2 amide bonds. The minimum atomic E-state index is -0.509. The van der Waals surface area contributed by atoms with Gasteiger partial charge in [0.1, 0.15) is 23.1 Å². The van der Waals surface area contributed by atoms with E-state index in [1.165, 1.54) is 6.07 Å². The molecule has 1 aromatic carbocycles. The highest BCUT2D eigenvalue weighted by Gasteiger charge is 2.42. The quantitative estimate of drug-likeness (QED) is 0.807. The van der Waals surface area contributed by atoms with Crippen molar-refractivity contribution in [1.29, 1.82) is 0 Å². The van der Waals surface area contributed by atoms with Crippen molar-refractivity contribution in [3.05, 3.63) is 41.8 Å². The first kappa shape index (κ1) is 15.1. The lowest BCUT2D eigenvalue weighted by Gasteiger charge is -2.41. The van der Waals surface area contributed by atoms with Gasteiger partial charge in [0.25, 0.3) is 5.91 Å². The van der Waals surface area contributed by atoms with E-state index in [2.05, 4.69) is 4.98 Å². The lowest BCUT2D eigenvalue weighted by molar-refractivity contribution is -0.141. The molecule has 0 N–H and O–H groups in total. The van der Waals surface area contributed by atoms with Crippen molar-refractivity contribution in [3.63, 3.8) is 0 Å². The molecular formula is C18H18FN3O2. The fourth-order valence-corrected chi connectivity index (χ4v) is 3.71. The van der Waals surface area contributed by atoms with Gasteiger partial charge in [-0.1, -0.05) is 18.2 Å². The van der Waals surface area contributed by atoms with Crippen LogP contribution in [0.1, 0.15) is 30.3 Å². The molecular weight excluding hydrogens is 309 g/mol. The number of fused-ring (bicyclic) bond motifs is 2. The van der Waals surface area contributed by atoms with Gasteiger partial charge in [0.2, 0.25) is 5.91 Å². The zero-order valence-corrected chi connectivity index (χ0v) is 13.4. The summed E-state index contributed by atoms with van der Waals surface area (Å²) in [4.78, 5) is 33.0. The molecule has 0 spiro atoms. The number of nitrogens with zero attached hydrogens (tertiary/aromatic N) is 3. The first-order valence-corrected chi connectivity index (χ1v) is 8.23. The Bertz CT molecular complexity index is 838. The zero-order valence-electron chi connectivity index (χ0n) is 13.4. The number of carbonyl (C=O) groups excluding carboxylic acids is 2. The average Bonchev–Trinajstić information content (AvgIpc) is 3.06. The van der Waals surface area contributed by atoms with Crippen LogP contribution in [-0.2, 0) is 4.79 Å². The predicted molar refractivity (Wildman–Crippen MR) is 86.9 cm³/mol. The zero-order chi connectivity index (χ0) is 16.8. The van der Waals surface area contributed by atoms with Crippen molar-refractivity contribution in [2.24, 2.45) is 0 Å². The summed E-state index contributed by atoms with van der Waals surface area (Å²) in [6, 6.07) is 7.57. The number of pyridine rings is 1. The Labute approximate surface area is 139 Å². The maximum absolute atomic E-state index is 13.9. The van der Waals surface area contributed by atoms with Crippen molar-refractivity contribution in [2.45, 2.75) is 31.8 Å². The first-order chi connectivity index (χ1) is 11.6. The Morgan fingerprint density at radius 2 is 2.12 bits per heavy atom. The fraction of sp³-hybridized carbons (Fsp3) is 0.389. The molecule has 2 aliphatic rings. The third-order valence-corrected chi connectivity index (χ3v) is 5.04. The van der Waals surface area contributed by atoms with Crippen molar-refractivity contribution >= 4 is 22.7 Å². The molecule has 24 heavy (non-hydrogen) atoms. The molecule has 3 heterocycles. The Hall–Kier alpha value is -2.50. The van der Waals surface area contributed by atoms with Gasteiger partial charge < -0.3 is 9.80 Å². The highest BCUT2D eigenvalue weighted by atomic mass is 19.1. The van der Waals surface area contributed by atoms with Crippen molar-refractivity contribution in [3.8, 4) is 0 Å². The number of halogens is 1. The van der Waals surface area contributed by atoms with E-state index in [0.29, 0.717) is 11.9 Å². The molecule has 2 aliphatic heterocycles. The molecule has 1 aromatic heterocycles. The van der Waals surface area contributed by atoms with E-state index in [-0.39, 0.29) is 29.1 Å². The number of hydrogen-bond acceptors (Lipinski definition) is 3. The summed E-state index contributed by atoms with van der Waals surface area (Å²) in [5.74, 6) is -0.775. The van der Waals surface area contributed by atoms with Gasteiger partial charge in [-0.3, -0.25) is 9.59 Å². The molecule has 0 bridgehead atoms. The van der Waals surface area contributed by atoms with Crippen LogP contribution in [0.2, 0.25) is 0 Å². The van der Waals surface area contributed by atoms with Crippen molar-refractivity contribution < 1.29 is 14.0 Å². The molecule has 0 saturated carbocycles. The minimum Gasteiger partial charge on any atom is -0.336 e. The summed E-state index contributed by atoms with van der Waals surface area (Å²) in [7, 11) is 0. The second-order valence-electron chi connectivity index (χ2n) is 6.47. The lowest BCUT2D eigenvalue weighted by atomic mass is 10.1. The molecule has 0 unspecified atom stereocenters. The number of para-hydroxylation sites is 1. The molecule has 2 saturated heterocycles. The number of carbonyl (C=O) groups is 2. The number of aromatic nitrogens is 1. The molecule has 4 rings (SSSR count). The first-order valence-electron chi connectivity index (χ1n) is 8.23. The summed E-state index contributed by atoms with van der Waals surface area (Å²) in [6.07, 6.45) is 1.90. The predicted octanol–water partition coefficient (Wildman–Crippen LogP) is 2.21. The standard InChI is InChI=1S/C18H18FN3O2/c1-11-17(23)21-9-3-5-13(21)10-22(11)18(24)15-8-7-12-4-2-6-14(19)16(12)20-15/h2,4,6-8,11,13H,3,5,9-10H2,1H3/t11-,13-/m0/s1. The molecule has 2 fully saturated rings. The highest BCUT2D eigenvalue weighted by Crippen LogP contribution is 2.27. The summed E-state index contributed by atoms with van der Waals surface area (Å²) in [5.41, 5.74) is 0.362. The third kappa shape index (κ3) is 2.25. The number of hydrogen-bond donors (Lipinski definition) is 0. The Morgan fingerprint density at radius 1 is 1.29 bits per heavy atom. The van der Waals surface area contributed by atoms with Crippen LogP contribution in [0.15, 0.2) is 30.3 Å². The van der Waals surface area contributed by atoms with Gasteiger partial charge in [-0.05, 0) is 31.9 Å². The van der Waals surface area contributed by atoms with E-state index >= 15 is 0 Å². The third-order valence-electron chi connectivity index (χ3n) is 5.04. The van der Waals surface area contributed by atoms with Gasteiger partial charge in [0.05, 0.1) is 0 Å². The normalized spacial score (nSPS) is 23.7. The van der Waals surface area contributed by atoms with Gasteiger partial charge in [0, 0.05) is 24.5 Å². The van der Waals surface area contributed by atoms with Gasteiger partial charge >= 0.3 is 0 Å². The van der Waals surface area contributed by atoms with Gasteiger partial charge in [0.15, 0.2) is 0 Å². The SMILES string of the molecule is C[C@H]1C(=O)N2CCC[C@H]2CN1C(=O)c1ccc2cccc(F)c2n1. The summed E-state index contributed by atoms with van der Waals surface area (Å²) in [6.45, 7) is 3.04. The maximum atomic E-state index is 13.9. The van der Waals surface area contributed by atoms with Crippen LogP contribution in [0, 0.1) is 5.82 Å². The number of piperazine rings is 1. The number of amides is 2. The van der Waals surface area contributed by atoms with Gasteiger partial charge in [-0.25, -0.2) is 9.37 Å². The van der Waals surface area contributed by atoms with Crippen molar-refractivity contribution in [1.82, 2.24) is 14.8 Å². The fourth-order valence-electron chi connectivity index (χ4n) is 3.71. The van der Waals surface area contributed by atoms with Gasteiger partial charge in [-0.15, -0.1) is 0 Å². The van der Waals surface area contributed by atoms with Crippen LogP contribution in [0.3, 0.4) is 0 Å². The van der Waals surface area contributed by atoms with E-state index in [4.69, 9.17) is 0 Å². The van der Waals surface area contributed by atoms with Crippen LogP contribution in [-0.4, -0.2) is 51.8 Å². The Kier molecular flexibility index (Phi) is 3.48. The van der Waals surface area contributed by atoms with E-state index in [0.717, 1.165) is 19.4 Å². The van der Waals surface area contributed by atoms with Crippen LogP contribution in [0.5, 0.6) is 0 Å². The van der Waals surface area contributed by atoms with Crippen LogP contribution < -0.4 is 0 Å². The van der Waals surface area contributed by atoms with Crippen LogP contribution >= 0.6 is 0 Å². The monoisotopic (exact) mass is 327 g/mol. The Balaban J connectivity index is 1.68. The molecule has 0 aliphatic carbocycles. The van der Waals surface area contributed by atoms with Crippen molar-refractivity contribution in [2.75, 3.05) is 13.1 Å². The molecule has 0 radical (unpaired) electrons. The minimum absolute atomic E-state index is 0.0101. The molecule has 6 heteroatoms. The van der Waals surface area contributed by atoms with E-state index in [1.54, 1.807) is 36.1 Å². The van der Waals surface area contributed by atoms with E-state index < -0.39 is 11.9 Å². The van der Waals surface area contributed by atoms with Crippen LogP contribution in [0.25, 0.3) is 10.9 Å². The van der Waals surface area contributed by atoms with Crippen LogP contribution in [0.4, 0.5) is 4.39 Å².